The van der Waals surface area contributed by atoms with Crippen LogP contribution in [0.4, 0.5) is 0 Å². The molecule has 88 valence electrons. The largest absolute Gasteiger partial charge is 0.480 e. The van der Waals surface area contributed by atoms with Gasteiger partial charge in [-0.3, -0.25) is 4.98 Å². The Morgan fingerprint density at radius 2 is 1.88 bits per heavy atom. The molecule has 0 aliphatic carbocycles. The van der Waals surface area contributed by atoms with Crippen molar-refractivity contribution >= 4 is 11.6 Å². The van der Waals surface area contributed by atoms with Crippen molar-refractivity contribution in [2.45, 2.75) is 6.61 Å². The Labute approximate surface area is 103 Å². The summed E-state index contributed by atoms with van der Waals surface area (Å²) in [6.07, 6.45) is 4.73. The average Bonchev–Trinajstić information content (AvgIpc) is 2.39. The minimum Gasteiger partial charge on any atom is -0.480 e. The summed E-state index contributed by atoms with van der Waals surface area (Å²) in [6.45, 7) is 0.363. The quantitative estimate of drug-likeness (QED) is 0.833. The van der Waals surface area contributed by atoms with Gasteiger partial charge in [-0.2, -0.15) is 0 Å². The zero-order valence-corrected chi connectivity index (χ0v) is 9.89. The molecule has 0 aliphatic rings. The van der Waals surface area contributed by atoms with Crippen LogP contribution < -0.4 is 9.47 Å². The minimum atomic E-state index is 0.268. The number of pyridine rings is 1. The van der Waals surface area contributed by atoms with E-state index < -0.39 is 0 Å². The first kappa shape index (κ1) is 11.6. The molecule has 17 heavy (non-hydrogen) atoms. The van der Waals surface area contributed by atoms with Crippen LogP contribution in [0.15, 0.2) is 30.9 Å². The first-order valence-corrected chi connectivity index (χ1v) is 5.25. The van der Waals surface area contributed by atoms with E-state index in [9.17, 15) is 0 Å². The van der Waals surface area contributed by atoms with Crippen LogP contribution in [-0.4, -0.2) is 22.1 Å². The molecule has 0 radical (unpaired) electrons. The number of halogens is 1. The zero-order valence-electron chi connectivity index (χ0n) is 9.13. The molecule has 2 rings (SSSR count). The molecule has 0 fully saturated rings. The van der Waals surface area contributed by atoms with Crippen molar-refractivity contribution in [3.05, 3.63) is 41.4 Å². The van der Waals surface area contributed by atoms with Crippen LogP contribution in [-0.2, 0) is 6.61 Å². The highest BCUT2D eigenvalue weighted by Crippen LogP contribution is 2.29. The minimum absolute atomic E-state index is 0.268. The Kier molecular flexibility index (Phi) is 3.72. The standard InChI is InChI=1S/C11H10ClN3O2/c1-16-10-9(12)11(15-7-14-10)17-6-8-2-4-13-5-3-8/h2-5,7H,6H2,1H3. The molecular formula is C11H10ClN3O2. The molecule has 2 aromatic rings. The molecule has 0 N–H and O–H groups in total. The Morgan fingerprint density at radius 1 is 1.18 bits per heavy atom. The second-order valence-electron chi connectivity index (χ2n) is 3.15. The van der Waals surface area contributed by atoms with E-state index in [-0.39, 0.29) is 5.02 Å². The average molecular weight is 252 g/mol. The molecule has 0 saturated carbocycles. The molecule has 0 spiro atoms. The number of hydrogen-bond donors (Lipinski definition) is 0. The second-order valence-corrected chi connectivity index (χ2v) is 3.52. The van der Waals surface area contributed by atoms with Gasteiger partial charge < -0.3 is 9.47 Å². The van der Waals surface area contributed by atoms with Gasteiger partial charge in [0.25, 0.3) is 0 Å². The molecule has 0 bridgehead atoms. The van der Waals surface area contributed by atoms with E-state index in [2.05, 4.69) is 15.0 Å². The molecule has 6 heteroatoms. The van der Waals surface area contributed by atoms with Crippen molar-refractivity contribution in [1.82, 2.24) is 15.0 Å². The van der Waals surface area contributed by atoms with Crippen LogP contribution in [0.25, 0.3) is 0 Å². The van der Waals surface area contributed by atoms with Crippen molar-refractivity contribution in [2.24, 2.45) is 0 Å². The van der Waals surface area contributed by atoms with Crippen LogP contribution in [0.3, 0.4) is 0 Å². The summed E-state index contributed by atoms with van der Waals surface area (Å²) in [5.74, 6) is 0.599. The van der Waals surface area contributed by atoms with Gasteiger partial charge in [0.05, 0.1) is 7.11 Å². The van der Waals surface area contributed by atoms with Crippen molar-refractivity contribution in [1.29, 1.82) is 0 Å². The van der Waals surface area contributed by atoms with Crippen LogP contribution in [0.5, 0.6) is 11.8 Å². The molecular weight excluding hydrogens is 242 g/mol. The van der Waals surface area contributed by atoms with E-state index in [0.717, 1.165) is 5.56 Å². The van der Waals surface area contributed by atoms with E-state index >= 15 is 0 Å². The van der Waals surface area contributed by atoms with Gasteiger partial charge in [-0.1, -0.05) is 11.6 Å². The van der Waals surface area contributed by atoms with Crippen LogP contribution in [0.1, 0.15) is 5.56 Å². The molecule has 5 nitrogen and oxygen atoms in total. The molecule has 0 aromatic carbocycles. The van der Waals surface area contributed by atoms with Gasteiger partial charge in [-0.15, -0.1) is 0 Å². The fourth-order valence-corrected chi connectivity index (χ4v) is 1.44. The summed E-state index contributed by atoms with van der Waals surface area (Å²) in [4.78, 5) is 11.7. The number of rotatable bonds is 4. The number of hydrogen-bond acceptors (Lipinski definition) is 5. The predicted molar refractivity (Wildman–Crippen MR) is 62.2 cm³/mol. The topological polar surface area (TPSA) is 57.1 Å². The molecule has 0 aliphatic heterocycles. The normalized spacial score (nSPS) is 10.0. The number of nitrogens with zero attached hydrogens (tertiary/aromatic N) is 3. The van der Waals surface area contributed by atoms with Crippen LogP contribution in [0.2, 0.25) is 5.02 Å². The van der Waals surface area contributed by atoms with Gasteiger partial charge in [0, 0.05) is 12.4 Å². The van der Waals surface area contributed by atoms with E-state index in [1.54, 1.807) is 12.4 Å². The van der Waals surface area contributed by atoms with Gasteiger partial charge in [0.2, 0.25) is 11.8 Å². The zero-order chi connectivity index (χ0) is 12.1. The maximum absolute atomic E-state index is 5.99. The van der Waals surface area contributed by atoms with Gasteiger partial charge in [0.15, 0.2) is 5.02 Å². The lowest BCUT2D eigenvalue weighted by molar-refractivity contribution is 0.289. The molecule has 0 saturated heterocycles. The van der Waals surface area contributed by atoms with Crippen molar-refractivity contribution < 1.29 is 9.47 Å². The van der Waals surface area contributed by atoms with Gasteiger partial charge in [-0.25, -0.2) is 9.97 Å². The fraction of sp³-hybridized carbons (Fsp3) is 0.182. The SMILES string of the molecule is COc1ncnc(OCc2ccncc2)c1Cl. The highest BCUT2D eigenvalue weighted by atomic mass is 35.5. The third kappa shape index (κ3) is 2.82. The predicted octanol–water partition coefficient (Wildman–Crippen LogP) is 2.11. The molecule has 0 unspecified atom stereocenters. The van der Waals surface area contributed by atoms with E-state index in [1.165, 1.54) is 13.4 Å². The lowest BCUT2D eigenvalue weighted by Crippen LogP contribution is -2.00. The molecule has 0 amide bonds. The van der Waals surface area contributed by atoms with Gasteiger partial charge >= 0.3 is 0 Å². The van der Waals surface area contributed by atoms with Crippen LogP contribution >= 0.6 is 11.6 Å². The van der Waals surface area contributed by atoms with E-state index in [1.807, 2.05) is 12.1 Å². The number of aromatic nitrogens is 3. The Bertz CT molecular complexity index is 493. The fourth-order valence-electron chi connectivity index (χ4n) is 1.21. The number of methoxy groups -OCH3 is 1. The van der Waals surface area contributed by atoms with E-state index in [4.69, 9.17) is 21.1 Å². The third-order valence-electron chi connectivity index (χ3n) is 2.04. The highest BCUT2D eigenvalue weighted by Gasteiger charge is 2.10. The monoisotopic (exact) mass is 251 g/mol. The lowest BCUT2D eigenvalue weighted by Gasteiger charge is -2.08. The maximum Gasteiger partial charge on any atom is 0.240 e. The Hall–Kier alpha value is -1.88. The Balaban J connectivity index is 2.09. The summed E-state index contributed by atoms with van der Waals surface area (Å²) in [7, 11) is 1.49. The van der Waals surface area contributed by atoms with Gasteiger partial charge in [-0.05, 0) is 17.7 Å². The summed E-state index contributed by atoms with van der Waals surface area (Å²) in [6, 6.07) is 3.71. The van der Waals surface area contributed by atoms with Crippen molar-refractivity contribution in [3.63, 3.8) is 0 Å². The second kappa shape index (κ2) is 5.45. The van der Waals surface area contributed by atoms with Crippen molar-refractivity contribution in [3.8, 4) is 11.8 Å². The Morgan fingerprint density at radius 3 is 2.59 bits per heavy atom. The number of ether oxygens (including phenoxy) is 2. The van der Waals surface area contributed by atoms with Crippen molar-refractivity contribution in [2.75, 3.05) is 7.11 Å². The first-order chi connectivity index (χ1) is 8.31. The molecule has 2 aromatic heterocycles. The molecule has 2 heterocycles. The van der Waals surface area contributed by atoms with Crippen LogP contribution in [0, 0.1) is 0 Å². The first-order valence-electron chi connectivity index (χ1n) is 4.87. The summed E-state index contributed by atoms with van der Waals surface area (Å²) >= 11 is 5.99. The van der Waals surface area contributed by atoms with Gasteiger partial charge in [0.1, 0.15) is 12.9 Å². The summed E-state index contributed by atoms with van der Waals surface area (Å²) in [5.41, 5.74) is 0.980. The smallest absolute Gasteiger partial charge is 0.240 e. The van der Waals surface area contributed by atoms with E-state index in [0.29, 0.717) is 18.4 Å². The molecule has 0 atom stereocenters. The third-order valence-corrected chi connectivity index (χ3v) is 2.37. The highest BCUT2D eigenvalue weighted by molar-refractivity contribution is 6.33. The summed E-state index contributed by atoms with van der Waals surface area (Å²) < 4.78 is 10.4. The summed E-state index contributed by atoms with van der Waals surface area (Å²) in [5, 5.41) is 0.268. The maximum atomic E-state index is 5.99. The lowest BCUT2D eigenvalue weighted by atomic mass is 10.3.